The lowest BCUT2D eigenvalue weighted by Gasteiger charge is -2.13. The van der Waals surface area contributed by atoms with Gasteiger partial charge in [-0.3, -0.25) is 0 Å². The van der Waals surface area contributed by atoms with E-state index in [1.165, 1.54) is 31.4 Å². The minimum Gasteiger partial charge on any atom is -0.494 e. The molecule has 0 saturated heterocycles. The van der Waals surface area contributed by atoms with Crippen molar-refractivity contribution in [3.63, 3.8) is 0 Å². The lowest BCUT2D eigenvalue weighted by atomic mass is 10.0. The normalized spacial score (nSPS) is 12.2. The molecule has 2 aromatic carbocycles. The van der Waals surface area contributed by atoms with Crippen LogP contribution in [-0.2, 0) is 6.42 Å². The molecule has 0 heterocycles. The maximum atomic E-state index is 13.7. The van der Waals surface area contributed by atoms with Gasteiger partial charge in [0.15, 0.2) is 11.6 Å². The van der Waals surface area contributed by atoms with E-state index in [0.29, 0.717) is 15.6 Å². The van der Waals surface area contributed by atoms with Crippen LogP contribution in [0.1, 0.15) is 17.2 Å². The maximum Gasteiger partial charge on any atom is 0.165 e. The molecule has 1 unspecified atom stereocenters. The average Bonchev–Trinajstić information content (AvgIpc) is 2.42. The van der Waals surface area contributed by atoms with Crippen LogP contribution in [0.3, 0.4) is 0 Å². The second kappa shape index (κ2) is 6.33. The highest BCUT2D eigenvalue weighted by atomic mass is 79.9. The molecule has 0 aliphatic rings. The first-order chi connectivity index (χ1) is 9.51. The summed E-state index contributed by atoms with van der Waals surface area (Å²) in [7, 11) is 1.35. The van der Waals surface area contributed by atoms with Crippen molar-refractivity contribution in [2.75, 3.05) is 7.11 Å². The Bertz CT molecular complexity index is 617. The molecular weight excluding hydrogens is 330 g/mol. The van der Waals surface area contributed by atoms with Crippen LogP contribution in [0.5, 0.6) is 5.75 Å². The van der Waals surface area contributed by atoms with Crippen molar-refractivity contribution in [3.8, 4) is 5.75 Å². The third-order valence-corrected chi connectivity index (χ3v) is 3.48. The Balaban J connectivity index is 2.21. The quantitative estimate of drug-likeness (QED) is 0.909. The molecule has 2 rings (SSSR count). The van der Waals surface area contributed by atoms with Gasteiger partial charge >= 0.3 is 0 Å². The summed E-state index contributed by atoms with van der Waals surface area (Å²) in [5.41, 5.74) is 0.870. The zero-order valence-electron chi connectivity index (χ0n) is 10.7. The van der Waals surface area contributed by atoms with Gasteiger partial charge in [0.25, 0.3) is 0 Å². The molecular formula is C15H13BrF2O2. The van der Waals surface area contributed by atoms with Gasteiger partial charge < -0.3 is 9.84 Å². The first kappa shape index (κ1) is 14.9. The predicted octanol–water partition coefficient (Wildman–Crippen LogP) is 4.01. The first-order valence-electron chi connectivity index (χ1n) is 5.96. The molecule has 1 atom stereocenters. The monoisotopic (exact) mass is 342 g/mol. The Morgan fingerprint density at radius 1 is 1.15 bits per heavy atom. The zero-order valence-corrected chi connectivity index (χ0v) is 12.3. The zero-order chi connectivity index (χ0) is 14.7. The lowest BCUT2D eigenvalue weighted by Crippen LogP contribution is -2.04. The van der Waals surface area contributed by atoms with Gasteiger partial charge in [-0.05, 0) is 35.4 Å². The third kappa shape index (κ3) is 3.35. The van der Waals surface area contributed by atoms with Crippen LogP contribution < -0.4 is 4.74 Å². The molecule has 0 radical (unpaired) electrons. The van der Waals surface area contributed by atoms with Crippen molar-refractivity contribution in [2.45, 2.75) is 12.5 Å². The van der Waals surface area contributed by atoms with E-state index in [2.05, 4.69) is 15.9 Å². The molecule has 0 fully saturated rings. The van der Waals surface area contributed by atoms with Gasteiger partial charge in [0.2, 0.25) is 0 Å². The molecule has 5 heteroatoms. The van der Waals surface area contributed by atoms with Crippen molar-refractivity contribution in [3.05, 3.63) is 63.6 Å². The number of aliphatic hydroxyl groups is 1. The Labute approximate surface area is 124 Å². The molecule has 106 valence electrons. The van der Waals surface area contributed by atoms with Crippen LogP contribution in [0.15, 0.2) is 40.9 Å². The molecule has 0 spiro atoms. The first-order valence-corrected chi connectivity index (χ1v) is 6.76. The third-order valence-electron chi connectivity index (χ3n) is 2.99. The molecule has 1 N–H and O–H groups in total. The molecule has 0 amide bonds. The summed E-state index contributed by atoms with van der Waals surface area (Å²) in [6.45, 7) is 0. The predicted molar refractivity (Wildman–Crippen MR) is 75.7 cm³/mol. The van der Waals surface area contributed by atoms with E-state index in [0.717, 1.165) is 0 Å². The largest absolute Gasteiger partial charge is 0.494 e. The van der Waals surface area contributed by atoms with Crippen molar-refractivity contribution in [1.29, 1.82) is 0 Å². The molecule has 0 bridgehead atoms. The number of hydrogen-bond donors (Lipinski definition) is 1. The lowest BCUT2D eigenvalue weighted by molar-refractivity contribution is 0.176. The number of methoxy groups -OCH3 is 1. The Morgan fingerprint density at radius 2 is 1.90 bits per heavy atom. The smallest absolute Gasteiger partial charge is 0.165 e. The fraction of sp³-hybridized carbons (Fsp3) is 0.200. The second-order valence-electron chi connectivity index (χ2n) is 4.35. The summed E-state index contributed by atoms with van der Waals surface area (Å²) in [6, 6.07) is 8.73. The van der Waals surface area contributed by atoms with E-state index in [1.54, 1.807) is 12.1 Å². The summed E-state index contributed by atoms with van der Waals surface area (Å²) in [5, 5.41) is 10.1. The van der Waals surface area contributed by atoms with Gasteiger partial charge in [-0.2, -0.15) is 0 Å². The van der Waals surface area contributed by atoms with Crippen LogP contribution in [0.2, 0.25) is 0 Å². The summed E-state index contributed by atoms with van der Waals surface area (Å²) >= 11 is 3.17. The number of ether oxygens (including phenoxy) is 1. The molecule has 0 aliphatic heterocycles. The highest BCUT2D eigenvalue weighted by Crippen LogP contribution is 2.26. The Hall–Kier alpha value is -1.46. The van der Waals surface area contributed by atoms with Gasteiger partial charge in [0.05, 0.1) is 13.2 Å². The van der Waals surface area contributed by atoms with E-state index in [-0.39, 0.29) is 12.2 Å². The van der Waals surface area contributed by atoms with E-state index >= 15 is 0 Å². The van der Waals surface area contributed by atoms with Crippen LogP contribution in [0, 0.1) is 11.6 Å². The van der Waals surface area contributed by atoms with Crippen molar-refractivity contribution >= 4 is 15.9 Å². The number of benzene rings is 2. The number of halogens is 3. The van der Waals surface area contributed by atoms with Crippen molar-refractivity contribution < 1.29 is 18.6 Å². The standard InChI is InChI=1S/C15H13BrF2O2/c1-20-15-7-10(3-5-12(15)17)14(19)6-9-2-4-11(16)8-13(9)18/h2-5,7-8,14,19H,6H2,1H3. The van der Waals surface area contributed by atoms with Gasteiger partial charge in [-0.25, -0.2) is 8.78 Å². The minimum atomic E-state index is -0.930. The fourth-order valence-electron chi connectivity index (χ4n) is 1.90. The number of hydrogen-bond acceptors (Lipinski definition) is 2. The van der Waals surface area contributed by atoms with Gasteiger partial charge in [0, 0.05) is 10.9 Å². The molecule has 0 aliphatic carbocycles. The molecule has 0 saturated carbocycles. The summed E-state index contributed by atoms with van der Waals surface area (Å²) in [6.07, 6.45) is -0.825. The van der Waals surface area contributed by atoms with Gasteiger partial charge in [-0.1, -0.05) is 28.1 Å². The highest BCUT2D eigenvalue weighted by molar-refractivity contribution is 9.10. The Morgan fingerprint density at radius 3 is 2.55 bits per heavy atom. The molecule has 20 heavy (non-hydrogen) atoms. The van der Waals surface area contributed by atoms with Gasteiger partial charge in [0.1, 0.15) is 5.82 Å². The summed E-state index contributed by atoms with van der Waals surface area (Å²) in [5.74, 6) is -0.844. The fourth-order valence-corrected chi connectivity index (χ4v) is 2.23. The molecule has 0 aromatic heterocycles. The maximum absolute atomic E-state index is 13.7. The van der Waals surface area contributed by atoms with E-state index in [1.807, 2.05) is 0 Å². The van der Waals surface area contributed by atoms with Gasteiger partial charge in [-0.15, -0.1) is 0 Å². The SMILES string of the molecule is COc1cc(C(O)Cc2ccc(Br)cc2F)ccc1F. The number of aliphatic hydroxyl groups excluding tert-OH is 1. The van der Waals surface area contributed by atoms with E-state index in [4.69, 9.17) is 4.74 Å². The summed E-state index contributed by atoms with van der Waals surface area (Å²) in [4.78, 5) is 0. The summed E-state index contributed by atoms with van der Waals surface area (Å²) < 4.78 is 32.5. The van der Waals surface area contributed by atoms with Crippen LogP contribution in [-0.4, -0.2) is 12.2 Å². The molecule has 2 aromatic rings. The second-order valence-corrected chi connectivity index (χ2v) is 5.27. The minimum absolute atomic E-state index is 0.0535. The van der Waals surface area contributed by atoms with Crippen LogP contribution in [0.4, 0.5) is 8.78 Å². The van der Waals surface area contributed by atoms with E-state index in [9.17, 15) is 13.9 Å². The average molecular weight is 343 g/mol. The van der Waals surface area contributed by atoms with Crippen molar-refractivity contribution in [2.24, 2.45) is 0 Å². The van der Waals surface area contributed by atoms with Crippen LogP contribution >= 0.6 is 15.9 Å². The molecule has 2 nitrogen and oxygen atoms in total. The van der Waals surface area contributed by atoms with Crippen molar-refractivity contribution in [1.82, 2.24) is 0 Å². The highest BCUT2D eigenvalue weighted by Gasteiger charge is 2.14. The van der Waals surface area contributed by atoms with Crippen LogP contribution in [0.25, 0.3) is 0 Å². The Kier molecular flexibility index (Phi) is 4.73. The topological polar surface area (TPSA) is 29.5 Å². The number of rotatable bonds is 4. The van der Waals surface area contributed by atoms with E-state index < -0.39 is 17.7 Å².